The molecule has 150 valence electrons. The van der Waals surface area contributed by atoms with Gasteiger partial charge in [-0.25, -0.2) is 8.42 Å². The van der Waals surface area contributed by atoms with Crippen molar-refractivity contribution in [3.05, 3.63) is 64.2 Å². The second-order valence-electron chi connectivity index (χ2n) is 5.74. The molecule has 0 saturated heterocycles. The van der Waals surface area contributed by atoms with Crippen molar-refractivity contribution in [2.24, 2.45) is 0 Å². The molecule has 2 rings (SSSR count). The van der Waals surface area contributed by atoms with Crippen LogP contribution in [0.1, 0.15) is 12.0 Å². The van der Waals surface area contributed by atoms with E-state index in [1.54, 1.807) is 30.3 Å². The summed E-state index contributed by atoms with van der Waals surface area (Å²) >= 11 is 0. The molecule has 0 atom stereocenters. The van der Waals surface area contributed by atoms with Crippen molar-refractivity contribution in [2.75, 3.05) is 20.8 Å². The van der Waals surface area contributed by atoms with Crippen LogP contribution in [0.5, 0.6) is 5.75 Å². The molecule has 0 aliphatic heterocycles. The summed E-state index contributed by atoms with van der Waals surface area (Å²) in [5, 5.41) is 11.2. The van der Waals surface area contributed by atoms with E-state index >= 15 is 0 Å². The number of nitro benzene ring substituents is 1. The van der Waals surface area contributed by atoms with Crippen LogP contribution in [0.2, 0.25) is 0 Å². The van der Waals surface area contributed by atoms with Gasteiger partial charge in [-0.15, -0.1) is 0 Å². The van der Waals surface area contributed by atoms with Gasteiger partial charge in [-0.1, -0.05) is 30.3 Å². The average molecular weight is 408 g/mol. The average Bonchev–Trinajstić information content (AvgIpc) is 2.70. The standard InChI is InChI=1S/C18H20N2O7S/c1-26-17-9-8-15(12-16(17)20(22)23)28(24,25)19(11-10-18(21)27-2)13-14-6-4-3-5-7-14/h3-9,12H,10-11,13H2,1-2H3. The molecule has 2 aromatic rings. The van der Waals surface area contributed by atoms with E-state index in [1.807, 2.05) is 0 Å². The maximum Gasteiger partial charge on any atom is 0.312 e. The monoisotopic (exact) mass is 408 g/mol. The Kier molecular flexibility index (Phi) is 7.07. The highest BCUT2D eigenvalue weighted by Crippen LogP contribution is 2.31. The third-order valence-corrected chi connectivity index (χ3v) is 5.82. The zero-order chi connectivity index (χ0) is 20.7. The predicted octanol–water partition coefficient (Wildman–Crippen LogP) is 2.36. The number of hydrogen-bond donors (Lipinski definition) is 0. The number of nitro groups is 1. The minimum absolute atomic E-state index is 0.00000551. The molecule has 0 heterocycles. The Morgan fingerprint density at radius 2 is 1.82 bits per heavy atom. The van der Waals surface area contributed by atoms with Crippen molar-refractivity contribution < 1.29 is 27.6 Å². The van der Waals surface area contributed by atoms with Gasteiger partial charge in [-0.05, 0) is 17.7 Å². The molecular weight excluding hydrogens is 388 g/mol. The first-order valence-electron chi connectivity index (χ1n) is 8.23. The second-order valence-corrected chi connectivity index (χ2v) is 7.68. The minimum atomic E-state index is -4.12. The molecule has 9 nitrogen and oxygen atoms in total. The Labute approximate surface area is 162 Å². The highest BCUT2D eigenvalue weighted by atomic mass is 32.2. The lowest BCUT2D eigenvalue weighted by atomic mass is 10.2. The van der Waals surface area contributed by atoms with Gasteiger partial charge < -0.3 is 9.47 Å². The fraction of sp³-hybridized carbons (Fsp3) is 0.278. The van der Waals surface area contributed by atoms with Crippen molar-refractivity contribution in [1.82, 2.24) is 4.31 Å². The van der Waals surface area contributed by atoms with Crippen LogP contribution in [0.25, 0.3) is 0 Å². The van der Waals surface area contributed by atoms with Gasteiger partial charge in [0.15, 0.2) is 5.75 Å². The third kappa shape index (κ3) is 5.05. The summed E-state index contributed by atoms with van der Waals surface area (Å²) in [6, 6.07) is 12.2. The number of esters is 1. The van der Waals surface area contributed by atoms with Gasteiger partial charge in [0.25, 0.3) is 0 Å². The Bertz CT molecular complexity index is 946. The number of rotatable bonds is 9. The van der Waals surface area contributed by atoms with E-state index in [2.05, 4.69) is 4.74 Å². The van der Waals surface area contributed by atoms with Crippen LogP contribution in [-0.2, 0) is 26.1 Å². The van der Waals surface area contributed by atoms with Crippen molar-refractivity contribution in [1.29, 1.82) is 0 Å². The molecule has 28 heavy (non-hydrogen) atoms. The molecule has 0 saturated carbocycles. The van der Waals surface area contributed by atoms with E-state index in [1.165, 1.54) is 26.4 Å². The molecule has 0 aromatic heterocycles. The van der Waals surface area contributed by atoms with Crippen LogP contribution in [-0.4, -0.2) is 44.4 Å². The van der Waals surface area contributed by atoms with Crippen LogP contribution in [0.15, 0.2) is 53.4 Å². The first-order valence-corrected chi connectivity index (χ1v) is 9.67. The van der Waals surface area contributed by atoms with E-state index in [0.29, 0.717) is 5.56 Å². The maximum atomic E-state index is 13.1. The number of hydrogen-bond acceptors (Lipinski definition) is 7. The molecule has 0 N–H and O–H groups in total. The minimum Gasteiger partial charge on any atom is -0.490 e. The lowest BCUT2D eigenvalue weighted by Crippen LogP contribution is -2.33. The second kappa shape index (κ2) is 9.29. The summed E-state index contributed by atoms with van der Waals surface area (Å²) in [6.07, 6.45) is -0.152. The Balaban J connectivity index is 2.43. The molecule has 0 amide bonds. The number of carbonyl (C=O) groups is 1. The maximum absolute atomic E-state index is 13.1. The van der Waals surface area contributed by atoms with Gasteiger partial charge in [-0.2, -0.15) is 4.31 Å². The fourth-order valence-electron chi connectivity index (χ4n) is 2.51. The largest absolute Gasteiger partial charge is 0.490 e. The zero-order valence-electron chi connectivity index (χ0n) is 15.4. The molecule has 10 heteroatoms. The Morgan fingerprint density at radius 1 is 1.14 bits per heavy atom. The number of carbonyl (C=O) groups excluding carboxylic acids is 1. The van der Waals surface area contributed by atoms with Gasteiger partial charge in [0, 0.05) is 19.2 Å². The first kappa shape index (κ1) is 21.3. The molecule has 0 aliphatic carbocycles. The summed E-state index contributed by atoms with van der Waals surface area (Å²) in [6.45, 7) is -0.135. The van der Waals surface area contributed by atoms with Gasteiger partial charge in [0.1, 0.15) is 0 Å². The van der Waals surface area contributed by atoms with E-state index in [-0.39, 0.29) is 30.2 Å². The number of ether oxygens (including phenoxy) is 2. The van der Waals surface area contributed by atoms with E-state index in [0.717, 1.165) is 10.4 Å². The topological polar surface area (TPSA) is 116 Å². The highest BCUT2D eigenvalue weighted by Gasteiger charge is 2.28. The molecule has 0 spiro atoms. The molecule has 0 unspecified atom stereocenters. The number of sulfonamides is 1. The lowest BCUT2D eigenvalue weighted by molar-refractivity contribution is -0.386. The smallest absolute Gasteiger partial charge is 0.312 e. The Hall–Kier alpha value is -2.98. The number of methoxy groups -OCH3 is 2. The van der Waals surface area contributed by atoms with Crippen molar-refractivity contribution in [3.8, 4) is 5.75 Å². The quantitative estimate of drug-likeness (QED) is 0.355. The SMILES string of the molecule is COC(=O)CCN(Cc1ccccc1)S(=O)(=O)c1ccc(OC)c([N+](=O)[O-])c1. The summed E-state index contributed by atoms with van der Waals surface area (Å²) in [7, 11) is -1.65. The summed E-state index contributed by atoms with van der Waals surface area (Å²) in [4.78, 5) is 21.8. The van der Waals surface area contributed by atoms with Crippen LogP contribution in [0.4, 0.5) is 5.69 Å². The van der Waals surface area contributed by atoms with Crippen LogP contribution >= 0.6 is 0 Å². The summed E-state index contributed by atoms with van der Waals surface area (Å²) < 4.78 is 36.8. The number of benzene rings is 2. The van der Waals surface area contributed by atoms with Gasteiger partial charge >= 0.3 is 11.7 Å². The normalized spacial score (nSPS) is 11.2. The fourth-order valence-corrected chi connectivity index (χ4v) is 3.96. The van der Waals surface area contributed by atoms with E-state index in [9.17, 15) is 23.3 Å². The van der Waals surface area contributed by atoms with Crippen molar-refractivity contribution in [3.63, 3.8) is 0 Å². The van der Waals surface area contributed by atoms with E-state index < -0.39 is 26.6 Å². The lowest BCUT2D eigenvalue weighted by Gasteiger charge is -2.22. The van der Waals surface area contributed by atoms with Crippen LogP contribution in [0.3, 0.4) is 0 Å². The van der Waals surface area contributed by atoms with Gasteiger partial charge in [-0.3, -0.25) is 14.9 Å². The van der Waals surface area contributed by atoms with Crippen LogP contribution < -0.4 is 4.74 Å². The molecule has 2 aromatic carbocycles. The van der Waals surface area contributed by atoms with Gasteiger partial charge in [0.05, 0.1) is 30.5 Å². The van der Waals surface area contributed by atoms with Crippen LogP contribution in [0, 0.1) is 10.1 Å². The van der Waals surface area contributed by atoms with E-state index in [4.69, 9.17) is 4.74 Å². The number of nitrogens with zero attached hydrogens (tertiary/aromatic N) is 2. The highest BCUT2D eigenvalue weighted by molar-refractivity contribution is 7.89. The molecule has 0 radical (unpaired) electrons. The summed E-state index contributed by atoms with van der Waals surface area (Å²) in [5.74, 6) is -0.609. The molecule has 0 fully saturated rings. The predicted molar refractivity (Wildman–Crippen MR) is 100 cm³/mol. The molecule has 0 bridgehead atoms. The Morgan fingerprint density at radius 3 is 2.39 bits per heavy atom. The first-order chi connectivity index (χ1) is 13.3. The zero-order valence-corrected chi connectivity index (χ0v) is 16.2. The van der Waals surface area contributed by atoms with Crippen molar-refractivity contribution in [2.45, 2.75) is 17.9 Å². The molecule has 0 aliphatic rings. The van der Waals surface area contributed by atoms with Crippen molar-refractivity contribution >= 4 is 21.7 Å². The molecular formula is C18H20N2O7S. The third-order valence-electron chi connectivity index (χ3n) is 3.98. The summed E-state index contributed by atoms with van der Waals surface area (Å²) in [5.41, 5.74) is 0.246. The van der Waals surface area contributed by atoms with Gasteiger partial charge in [0.2, 0.25) is 10.0 Å².